The van der Waals surface area contributed by atoms with Gasteiger partial charge in [0.2, 0.25) is 5.91 Å². The van der Waals surface area contributed by atoms with Gasteiger partial charge >= 0.3 is 0 Å². The van der Waals surface area contributed by atoms with Gasteiger partial charge in [0.25, 0.3) is 15.9 Å². The van der Waals surface area contributed by atoms with Crippen LogP contribution in [0.5, 0.6) is 0 Å². The minimum atomic E-state index is -4.01. The average molecular weight is 522 g/mol. The molecule has 10 heteroatoms. The summed E-state index contributed by atoms with van der Waals surface area (Å²) >= 11 is 1.54. The van der Waals surface area contributed by atoms with E-state index in [1.165, 1.54) is 35.2 Å². The van der Waals surface area contributed by atoms with Gasteiger partial charge in [0.15, 0.2) is 0 Å². The zero-order chi connectivity index (χ0) is 26.2. The molecule has 3 rings (SSSR count). The Kier molecular flexibility index (Phi) is 7.57. The molecule has 35 heavy (non-hydrogen) atoms. The van der Waals surface area contributed by atoms with Crippen LogP contribution in [-0.2, 0) is 14.8 Å². The molecule has 190 valence electrons. The number of carbonyl (C=O) groups is 2. The lowest BCUT2D eigenvalue weighted by molar-refractivity contribution is -0.124. The lowest BCUT2D eigenvalue weighted by atomic mass is 9.86. The van der Waals surface area contributed by atoms with Gasteiger partial charge in [-0.1, -0.05) is 34.6 Å². The van der Waals surface area contributed by atoms with Crippen LogP contribution in [0.4, 0.5) is 10.1 Å². The molecule has 2 amide bonds. The number of fused-ring (bicyclic) bond motifs is 1. The molecule has 1 aliphatic heterocycles. The van der Waals surface area contributed by atoms with E-state index >= 15 is 0 Å². The van der Waals surface area contributed by atoms with Crippen molar-refractivity contribution in [2.75, 3.05) is 17.9 Å². The number of hydrogen-bond acceptors (Lipinski definition) is 5. The van der Waals surface area contributed by atoms with E-state index in [1.807, 2.05) is 34.6 Å². The van der Waals surface area contributed by atoms with Gasteiger partial charge in [0.1, 0.15) is 11.9 Å². The quantitative estimate of drug-likeness (QED) is 0.615. The Balaban J connectivity index is 2.06. The lowest BCUT2D eigenvalue weighted by Gasteiger charge is -2.30. The number of nitrogens with zero attached hydrogens (tertiary/aromatic N) is 1. The Morgan fingerprint density at radius 1 is 1.11 bits per heavy atom. The zero-order valence-electron chi connectivity index (χ0n) is 20.8. The molecule has 0 aliphatic carbocycles. The minimum Gasteiger partial charge on any atom is -0.357 e. The fourth-order valence-corrected chi connectivity index (χ4v) is 6.53. The maximum Gasteiger partial charge on any atom is 0.264 e. The molecule has 1 aliphatic rings. The summed E-state index contributed by atoms with van der Waals surface area (Å²) < 4.78 is 41.7. The first-order valence-corrected chi connectivity index (χ1v) is 13.6. The van der Waals surface area contributed by atoms with Crippen molar-refractivity contribution in [1.82, 2.24) is 10.6 Å². The Morgan fingerprint density at radius 3 is 2.31 bits per heavy atom. The number of benzene rings is 2. The lowest BCUT2D eigenvalue weighted by Crippen LogP contribution is -2.52. The van der Waals surface area contributed by atoms with Crippen LogP contribution in [-0.4, -0.2) is 44.6 Å². The summed E-state index contributed by atoms with van der Waals surface area (Å²) in [4.78, 5) is 26.3. The molecule has 0 aromatic heterocycles. The normalized spacial score (nSPS) is 16.6. The van der Waals surface area contributed by atoms with Gasteiger partial charge in [-0.3, -0.25) is 13.9 Å². The number of thioether (sulfide) groups is 1. The summed E-state index contributed by atoms with van der Waals surface area (Å²) in [5.41, 5.74) is 0.0746. The number of halogens is 1. The number of sulfonamides is 1. The van der Waals surface area contributed by atoms with Crippen molar-refractivity contribution < 1.29 is 22.4 Å². The number of rotatable bonds is 5. The number of likely N-dealkylation sites (N-methyl/N-ethyl adjacent to an activating group) is 1. The van der Waals surface area contributed by atoms with Crippen molar-refractivity contribution in [1.29, 1.82) is 0 Å². The van der Waals surface area contributed by atoms with Crippen molar-refractivity contribution in [3.63, 3.8) is 0 Å². The highest BCUT2D eigenvalue weighted by Crippen LogP contribution is 2.45. The standard InChI is InChI=1S/C25H32FN3O4S2/c1-24(2,3)21(23(31)27-6)28-22(30)16-7-12-20-19(15-16)29(14-13-25(4,5)34-20)35(32,33)18-10-8-17(26)9-11-18/h7-12,15,21H,13-14H2,1-6H3,(H,27,31)(H,28,30)/t21-/m0/s1. The van der Waals surface area contributed by atoms with Crippen molar-refractivity contribution in [3.8, 4) is 0 Å². The smallest absolute Gasteiger partial charge is 0.264 e. The summed E-state index contributed by atoms with van der Waals surface area (Å²) in [6.45, 7) is 9.81. The van der Waals surface area contributed by atoms with E-state index in [1.54, 1.807) is 18.2 Å². The number of nitrogens with one attached hydrogen (secondary N) is 2. The van der Waals surface area contributed by atoms with Crippen molar-refractivity contribution >= 4 is 39.3 Å². The van der Waals surface area contributed by atoms with Crippen molar-refractivity contribution in [2.45, 2.75) is 61.6 Å². The number of carbonyl (C=O) groups excluding carboxylic acids is 2. The van der Waals surface area contributed by atoms with Gasteiger partial charge in [-0.25, -0.2) is 12.8 Å². The van der Waals surface area contributed by atoms with E-state index in [0.717, 1.165) is 12.1 Å². The molecule has 1 atom stereocenters. The van der Waals surface area contributed by atoms with Crippen molar-refractivity contribution in [3.05, 3.63) is 53.8 Å². The number of anilines is 1. The van der Waals surface area contributed by atoms with Crippen LogP contribution in [0.2, 0.25) is 0 Å². The third kappa shape index (κ3) is 5.98. The molecule has 0 saturated heterocycles. The topological polar surface area (TPSA) is 95.6 Å². The second-order valence-electron chi connectivity index (χ2n) is 10.2. The molecule has 0 spiro atoms. The van der Waals surface area contributed by atoms with E-state index < -0.39 is 33.2 Å². The summed E-state index contributed by atoms with van der Waals surface area (Å²) in [7, 11) is -2.51. The first-order chi connectivity index (χ1) is 16.2. The van der Waals surface area contributed by atoms with Crippen LogP contribution in [0.3, 0.4) is 0 Å². The maximum atomic E-state index is 13.6. The van der Waals surface area contributed by atoms with Crippen LogP contribution >= 0.6 is 11.8 Å². The SMILES string of the molecule is CNC(=O)[C@H](NC(=O)c1ccc2c(c1)N(S(=O)(=O)c1ccc(F)cc1)CCC(C)(C)S2)C(C)(C)C. The summed E-state index contributed by atoms with van der Waals surface area (Å²) in [6, 6.07) is 8.83. The Hall–Kier alpha value is -2.59. The van der Waals surface area contributed by atoms with Crippen LogP contribution < -0.4 is 14.9 Å². The first-order valence-electron chi connectivity index (χ1n) is 11.3. The first kappa shape index (κ1) is 27.0. The zero-order valence-corrected chi connectivity index (χ0v) is 22.4. The number of amides is 2. The largest absolute Gasteiger partial charge is 0.357 e. The molecule has 0 saturated carbocycles. The molecule has 0 bridgehead atoms. The second kappa shape index (κ2) is 9.81. The van der Waals surface area contributed by atoms with Crippen LogP contribution in [0.25, 0.3) is 0 Å². The predicted octanol–water partition coefficient (Wildman–Crippen LogP) is 4.19. The summed E-state index contributed by atoms with van der Waals surface area (Å²) in [5, 5.41) is 5.36. The molecular formula is C25H32FN3O4S2. The fraction of sp³-hybridized carbons (Fsp3) is 0.440. The molecule has 0 unspecified atom stereocenters. The highest BCUT2D eigenvalue weighted by molar-refractivity contribution is 8.01. The third-order valence-electron chi connectivity index (χ3n) is 5.84. The summed E-state index contributed by atoms with van der Waals surface area (Å²) in [6.07, 6.45) is 0.567. The van der Waals surface area contributed by atoms with Gasteiger partial charge in [-0.15, -0.1) is 11.8 Å². The monoisotopic (exact) mass is 521 g/mol. The predicted molar refractivity (Wildman–Crippen MR) is 137 cm³/mol. The molecular weight excluding hydrogens is 489 g/mol. The van der Waals surface area contributed by atoms with E-state index in [4.69, 9.17) is 0 Å². The average Bonchev–Trinajstić information content (AvgIpc) is 2.90. The maximum absolute atomic E-state index is 13.6. The molecule has 0 fully saturated rings. The Labute approximate surface area is 210 Å². The molecule has 7 nitrogen and oxygen atoms in total. The van der Waals surface area contributed by atoms with E-state index in [-0.39, 0.29) is 27.7 Å². The van der Waals surface area contributed by atoms with Gasteiger partial charge in [0, 0.05) is 28.8 Å². The van der Waals surface area contributed by atoms with Gasteiger partial charge in [-0.2, -0.15) is 0 Å². The van der Waals surface area contributed by atoms with E-state index in [9.17, 15) is 22.4 Å². The van der Waals surface area contributed by atoms with Gasteiger partial charge in [0.05, 0.1) is 10.6 Å². The molecule has 2 N–H and O–H groups in total. The third-order valence-corrected chi connectivity index (χ3v) is 8.99. The van der Waals surface area contributed by atoms with E-state index in [2.05, 4.69) is 10.6 Å². The highest BCUT2D eigenvalue weighted by atomic mass is 32.2. The van der Waals surface area contributed by atoms with Gasteiger partial charge in [-0.05, 0) is 54.3 Å². The van der Waals surface area contributed by atoms with Crippen molar-refractivity contribution in [2.24, 2.45) is 5.41 Å². The Morgan fingerprint density at radius 2 is 1.74 bits per heavy atom. The molecule has 2 aromatic rings. The summed E-state index contributed by atoms with van der Waals surface area (Å²) in [5.74, 6) is -1.33. The van der Waals surface area contributed by atoms with E-state index in [0.29, 0.717) is 17.0 Å². The molecule has 1 heterocycles. The van der Waals surface area contributed by atoms with Crippen LogP contribution in [0, 0.1) is 11.2 Å². The Bertz CT molecular complexity index is 1220. The highest BCUT2D eigenvalue weighted by Gasteiger charge is 2.36. The fourth-order valence-electron chi connectivity index (χ4n) is 3.80. The minimum absolute atomic E-state index is 0.0307. The number of hydrogen-bond donors (Lipinski definition) is 2. The van der Waals surface area contributed by atoms with Crippen LogP contribution in [0.15, 0.2) is 52.3 Å². The molecule has 0 radical (unpaired) electrons. The molecule has 2 aromatic carbocycles. The van der Waals surface area contributed by atoms with Gasteiger partial charge < -0.3 is 10.6 Å². The second-order valence-corrected chi connectivity index (χ2v) is 13.8. The van der Waals surface area contributed by atoms with Crippen LogP contribution in [0.1, 0.15) is 51.4 Å².